The van der Waals surface area contributed by atoms with Crippen molar-refractivity contribution in [1.82, 2.24) is 0 Å². The van der Waals surface area contributed by atoms with Gasteiger partial charge in [0.25, 0.3) is 0 Å². The van der Waals surface area contributed by atoms with Crippen molar-refractivity contribution in [2.75, 3.05) is 13.7 Å². The summed E-state index contributed by atoms with van der Waals surface area (Å²) in [5, 5.41) is 9.53. The third-order valence-electron chi connectivity index (χ3n) is 5.92. The molecule has 0 saturated carbocycles. The smallest absolute Gasteiger partial charge is 0.130 e. The van der Waals surface area contributed by atoms with Crippen LogP contribution in [0.3, 0.4) is 0 Å². The Labute approximate surface area is 160 Å². The molecule has 1 aliphatic carbocycles. The molecule has 1 fully saturated rings. The predicted octanol–water partition coefficient (Wildman–Crippen LogP) is 4.37. The van der Waals surface area contributed by atoms with Crippen molar-refractivity contribution in [2.45, 2.75) is 51.2 Å². The maximum Gasteiger partial charge on any atom is 0.130 e. The summed E-state index contributed by atoms with van der Waals surface area (Å²) in [7, 11) is 1.56. The lowest BCUT2D eigenvalue weighted by atomic mass is 9.85. The minimum Gasteiger partial charge on any atom is -0.496 e. The maximum atomic E-state index is 14.7. The quantitative estimate of drug-likeness (QED) is 0.849. The summed E-state index contributed by atoms with van der Waals surface area (Å²) in [5.41, 5.74) is 5.47. The molecule has 4 rings (SSSR count). The summed E-state index contributed by atoms with van der Waals surface area (Å²) in [6.45, 7) is 2.17. The average Bonchev–Trinajstić information content (AvgIpc) is 2.64. The van der Waals surface area contributed by atoms with Crippen LogP contribution in [-0.2, 0) is 24.0 Å². The Morgan fingerprint density at radius 1 is 1.15 bits per heavy atom. The summed E-state index contributed by atoms with van der Waals surface area (Å²) >= 11 is 0. The number of ether oxygens (including phenoxy) is 2. The molecule has 0 bridgehead atoms. The molecule has 1 saturated heterocycles. The van der Waals surface area contributed by atoms with E-state index in [4.69, 9.17) is 9.47 Å². The molecule has 2 aromatic carbocycles. The van der Waals surface area contributed by atoms with Crippen LogP contribution in [0, 0.1) is 11.7 Å². The van der Waals surface area contributed by atoms with Crippen molar-refractivity contribution in [1.29, 1.82) is 0 Å². The molecule has 27 heavy (non-hydrogen) atoms. The number of aliphatic hydroxyl groups is 1. The summed E-state index contributed by atoms with van der Waals surface area (Å²) < 4.78 is 26.2. The van der Waals surface area contributed by atoms with E-state index in [-0.39, 0.29) is 24.6 Å². The van der Waals surface area contributed by atoms with E-state index in [9.17, 15) is 9.50 Å². The van der Waals surface area contributed by atoms with Crippen LogP contribution in [0.1, 0.15) is 53.7 Å². The minimum atomic E-state index is -0.249. The molecule has 0 aromatic heterocycles. The largest absolute Gasteiger partial charge is 0.496 e. The molecule has 0 amide bonds. The molecule has 3 atom stereocenters. The Hall–Kier alpha value is -1.91. The fourth-order valence-electron chi connectivity index (χ4n) is 4.33. The summed E-state index contributed by atoms with van der Waals surface area (Å²) in [6.07, 6.45) is 4.16. The second-order valence-corrected chi connectivity index (χ2v) is 7.97. The van der Waals surface area contributed by atoms with Crippen LogP contribution in [0.15, 0.2) is 30.3 Å². The van der Waals surface area contributed by atoms with E-state index < -0.39 is 0 Å². The van der Waals surface area contributed by atoms with E-state index in [0.29, 0.717) is 23.7 Å². The molecule has 4 heteroatoms. The zero-order chi connectivity index (χ0) is 19.0. The molecule has 2 aromatic rings. The minimum absolute atomic E-state index is 0.00628. The molecular weight excluding hydrogens is 343 g/mol. The first kappa shape index (κ1) is 18.5. The van der Waals surface area contributed by atoms with Gasteiger partial charge in [-0.15, -0.1) is 0 Å². The summed E-state index contributed by atoms with van der Waals surface area (Å²) in [5.74, 6) is 0.706. The standard InChI is InChI=1S/C23H27FO3/c1-14-7-19(13-25)27-23(8-14)20-11-18(21(24)12-22(20)26-2)10-15-3-4-16-5-6-17(16)9-15/h3-4,9,11-12,14,19,23,25H,5-8,10,13H2,1-2H3. The van der Waals surface area contributed by atoms with Gasteiger partial charge in [-0.25, -0.2) is 4.39 Å². The molecular formula is C23H27FO3. The van der Waals surface area contributed by atoms with Crippen molar-refractivity contribution >= 4 is 0 Å². The van der Waals surface area contributed by atoms with Gasteiger partial charge in [0, 0.05) is 18.1 Å². The Morgan fingerprint density at radius 3 is 2.63 bits per heavy atom. The van der Waals surface area contributed by atoms with Gasteiger partial charge in [-0.3, -0.25) is 0 Å². The molecule has 2 aliphatic rings. The van der Waals surface area contributed by atoms with E-state index in [1.807, 2.05) is 6.07 Å². The number of rotatable bonds is 5. The van der Waals surface area contributed by atoms with Gasteiger partial charge in [-0.2, -0.15) is 0 Å². The highest BCUT2D eigenvalue weighted by molar-refractivity contribution is 5.44. The molecule has 3 unspecified atom stereocenters. The van der Waals surface area contributed by atoms with Crippen LogP contribution in [-0.4, -0.2) is 24.9 Å². The fraction of sp³-hybridized carbons (Fsp3) is 0.478. The lowest BCUT2D eigenvalue weighted by Gasteiger charge is -2.34. The Morgan fingerprint density at radius 2 is 1.96 bits per heavy atom. The summed E-state index contributed by atoms with van der Waals surface area (Å²) in [4.78, 5) is 0. The highest BCUT2D eigenvalue weighted by Crippen LogP contribution is 2.40. The van der Waals surface area contributed by atoms with Crippen LogP contribution >= 0.6 is 0 Å². The van der Waals surface area contributed by atoms with E-state index >= 15 is 0 Å². The first-order valence-corrected chi connectivity index (χ1v) is 9.80. The number of aryl methyl sites for hydroxylation is 2. The Kier molecular flexibility index (Phi) is 5.20. The Bertz CT molecular complexity index is 833. The number of fused-ring (bicyclic) bond motifs is 1. The van der Waals surface area contributed by atoms with Crippen molar-refractivity contribution < 1.29 is 19.0 Å². The molecule has 0 spiro atoms. The molecule has 0 radical (unpaired) electrons. The first-order valence-electron chi connectivity index (χ1n) is 9.80. The van der Waals surface area contributed by atoms with Crippen LogP contribution in [0.25, 0.3) is 0 Å². The normalized spacial score (nSPS) is 24.2. The zero-order valence-corrected chi connectivity index (χ0v) is 16.0. The van der Waals surface area contributed by atoms with Crippen LogP contribution in [0.4, 0.5) is 4.39 Å². The monoisotopic (exact) mass is 370 g/mol. The molecule has 1 heterocycles. The molecule has 1 aliphatic heterocycles. The second kappa shape index (κ2) is 7.61. The third kappa shape index (κ3) is 3.74. The second-order valence-electron chi connectivity index (χ2n) is 7.97. The zero-order valence-electron chi connectivity index (χ0n) is 16.0. The number of hydrogen-bond acceptors (Lipinski definition) is 3. The number of aliphatic hydroxyl groups excluding tert-OH is 1. The maximum absolute atomic E-state index is 14.7. The lowest BCUT2D eigenvalue weighted by molar-refractivity contribution is -0.0906. The molecule has 3 nitrogen and oxygen atoms in total. The third-order valence-corrected chi connectivity index (χ3v) is 5.92. The molecule has 1 N–H and O–H groups in total. The summed E-state index contributed by atoms with van der Waals surface area (Å²) in [6, 6.07) is 9.83. The number of benzene rings is 2. The lowest BCUT2D eigenvalue weighted by Crippen LogP contribution is -2.30. The van der Waals surface area contributed by atoms with Crippen molar-refractivity contribution in [3.8, 4) is 5.75 Å². The molecule has 144 valence electrons. The number of halogens is 1. The average molecular weight is 370 g/mol. The van der Waals surface area contributed by atoms with Gasteiger partial charge in [0.1, 0.15) is 11.6 Å². The van der Waals surface area contributed by atoms with Crippen molar-refractivity contribution in [2.24, 2.45) is 5.92 Å². The van der Waals surface area contributed by atoms with Crippen molar-refractivity contribution in [3.05, 3.63) is 64.0 Å². The van der Waals surface area contributed by atoms with Crippen molar-refractivity contribution in [3.63, 3.8) is 0 Å². The van der Waals surface area contributed by atoms with Crippen LogP contribution in [0.2, 0.25) is 0 Å². The highest BCUT2D eigenvalue weighted by atomic mass is 19.1. The fourth-order valence-corrected chi connectivity index (χ4v) is 4.33. The van der Waals surface area contributed by atoms with Crippen LogP contribution in [0.5, 0.6) is 5.75 Å². The van der Waals surface area contributed by atoms with Gasteiger partial charge in [-0.1, -0.05) is 25.1 Å². The van der Waals surface area contributed by atoms with E-state index in [2.05, 4.69) is 25.1 Å². The van der Waals surface area contributed by atoms with E-state index in [0.717, 1.165) is 36.8 Å². The van der Waals surface area contributed by atoms with E-state index in [1.54, 1.807) is 7.11 Å². The van der Waals surface area contributed by atoms with Gasteiger partial charge in [0.05, 0.1) is 25.9 Å². The topological polar surface area (TPSA) is 38.7 Å². The van der Waals surface area contributed by atoms with Gasteiger partial charge in [-0.05, 0) is 59.9 Å². The SMILES string of the molecule is COc1cc(F)c(Cc2ccc3c(c2)CC3)cc1C1CC(C)CC(CO)O1. The van der Waals surface area contributed by atoms with Gasteiger partial charge < -0.3 is 14.6 Å². The van der Waals surface area contributed by atoms with Gasteiger partial charge >= 0.3 is 0 Å². The first-order chi connectivity index (χ1) is 13.1. The highest BCUT2D eigenvalue weighted by Gasteiger charge is 2.30. The number of methoxy groups -OCH3 is 1. The number of hydrogen-bond donors (Lipinski definition) is 1. The van der Waals surface area contributed by atoms with Crippen LogP contribution < -0.4 is 4.74 Å². The van der Waals surface area contributed by atoms with Gasteiger partial charge in [0.15, 0.2) is 0 Å². The van der Waals surface area contributed by atoms with E-state index in [1.165, 1.54) is 17.2 Å². The predicted molar refractivity (Wildman–Crippen MR) is 103 cm³/mol. The Balaban J connectivity index is 1.64. The van der Waals surface area contributed by atoms with Gasteiger partial charge in [0.2, 0.25) is 0 Å².